The Kier molecular flexibility index (Phi) is 10.2. The minimum atomic E-state index is -1.81. The van der Waals surface area contributed by atoms with Crippen molar-refractivity contribution in [1.29, 1.82) is 0 Å². The first-order valence-corrected chi connectivity index (χ1v) is 11.5. The number of nitrogens with one attached hydrogen (secondary N) is 1. The second kappa shape index (κ2) is 12.9. The number of benzene rings is 1. The van der Waals surface area contributed by atoms with E-state index >= 15 is 0 Å². The summed E-state index contributed by atoms with van der Waals surface area (Å²) >= 11 is 0. The van der Waals surface area contributed by atoms with Gasteiger partial charge in [0, 0.05) is 0 Å². The van der Waals surface area contributed by atoms with Crippen LogP contribution in [0.3, 0.4) is 0 Å². The topological polar surface area (TPSA) is 265 Å². The third-order valence-electron chi connectivity index (χ3n) is 5.99. The number of aliphatic carboxylic acids is 1. The van der Waals surface area contributed by atoms with Gasteiger partial charge < -0.3 is 70.2 Å². The quantitative estimate of drug-likeness (QED) is 0.131. The van der Waals surface area contributed by atoms with Crippen molar-refractivity contribution < 1.29 is 74.5 Å². The molecule has 0 aliphatic carbocycles. The van der Waals surface area contributed by atoms with Gasteiger partial charge in [-0.2, -0.15) is 0 Å². The molecule has 1 aromatic rings. The number of aliphatic hydroxyl groups is 8. The first-order chi connectivity index (χ1) is 18.0. The molecule has 0 bridgehead atoms. The molecule has 0 saturated carbocycles. The van der Waals surface area contributed by atoms with Crippen LogP contribution in [0.1, 0.15) is 5.56 Å². The molecule has 1 amide bonds. The summed E-state index contributed by atoms with van der Waals surface area (Å²) in [6.07, 6.45) is -16.6. The number of rotatable bonds is 10. The summed E-state index contributed by atoms with van der Waals surface area (Å²) in [4.78, 5) is 22.8. The Balaban J connectivity index is 1.88. The van der Waals surface area contributed by atoms with Crippen molar-refractivity contribution in [3.05, 3.63) is 23.8 Å². The lowest BCUT2D eigenvalue weighted by Gasteiger charge is -2.41. The number of carboxylic acids is 1. The van der Waals surface area contributed by atoms with Gasteiger partial charge in [-0.3, -0.25) is 9.59 Å². The maximum atomic E-state index is 12.1. The van der Waals surface area contributed by atoms with Crippen molar-refractivity contribution in [2.45, 2.75) is 67.8 Å². The van der Waals surface area contributed by atoms with Crippen molar-refractivity contribution in [3.63, 3.8) is 0 Å². The van der Waals surface area contributed by atoms with Gasteiger partial charge in [0.25, 0.3) is 0 Å². The summed E-state index contributed by atoms with van der Waals surface area (Å²) in [6.45, 7) is -2.07. The van der Waals surface area contributed by atoms with E-state index in [4.69, 9.17) is 24.1 Å². The zero-order chi connectivity index (χ0) is 28.1. The molecule has 214 valence electrons. The highest BCUT2D eigenvalue weighted by Gasteiger charge is 2.46. The normalized spacial score (nSPS) is 35.4. The summed E-state index contributed by atoms with van der Waals surface area (Å²) in [5, 5.41) is 90.5. The molecule has 10 atom stereocenters. The summed E-state index contributed by atoms with van der Waals surface area (Å²) < 4.78 is 21.9. The maximum absolute atomic E-state index is 12.1. The van der Waals surface area contributed by atoms with E-state index in [2.05, 4.69) is 5.32 Å². The van der Waals surface area contributed by atoms with Crippen LogP contribution in [0.2, 0.25) is 0 Å². The highest BCUT2D eigenvalue weighted by atomic mass is 16.7. The Hall–Kier alpha value is -2.64. The third kappa shape index (κ3) is 6.86. The SMILES string of the molecule is O=C(O)CNC(=O)Cc1ccc(O[C@@H]2O[C@H](CO)[C@@H](O)[C@H](O)[C@H]2O)c(O[C@@H]2O[C@H](CO)[C@@H](O)[C@H](O)[C@H]2O)c1. The van der Waals surface area contributed by atoms with E-state index < -0.39 is 93.0 Å². The highest BCUT2D eigenvalue weighted by Crippen LogP contribution is 2.35. The number of hydrogen-bond donors (Lipinski definition) is 10. The van der Waals surface area contributed by atoms with Crippen molar-refractivity contribution in [1.82, 2.24) is 5.32 Å². The second-order valence-electron chi connectivity index (χ2n) is 8.76. The highest BCUT2D eigenvalue weighted by molar-refractivity contribution is 5.82. The van der Waals surface area contributed by atoms with Crippen LogP contribution in [0, 0.1) is 0 Å². The van der Waals surface area contributed by atoms with Crippen molar-refractivity contribution >= 4 is 11.9 Å². The largest absolute Gasteiger partial charge is 0.480 e. The van der Waals surface area contributed by atoms with E-state index in [1.165, 1.54) is 18.2 Å². The van der Waals surface area contributed by atoms with Crippen LogP contribution < -0.4 is 14.8 Å². The van der Waals surface area contributed by atoms with Crippen LogP contribution in [0.4, 0.5) is 0 Å². The molecule has 2 fully saturated rings. The number of amides is 1. The number of carbonyl (C=O) groups excluding carboxylic acids is 1. The molecule has 2 aliphatic heterocycles. The summed E-state index contributed by atoms with van der Waals surface area (Å²) in [5.41, 5.74) is 0.258. The van der Waals surface area contributed by atoms with Gasteiger partial charge in [0.15, 0.2) is 11.5 Å². The van der Waals surface area contributed by atoms with Crippen molar-refractivity contribution in [2.75, 3.05) is 19.8 Å². The molecule has 0 aromatic heterocycles. The Morgan fingerprint density at radius 2 is 1.26 bits per heavy atom. The third-order valence-corrected chi connectivity index (χ3v) is 5.99. The number of carbonyl (C=O) groups is 2. The first-order valence-electron chi connectivity index (χ1n) is 11.5. The van der Waals surface area contributed by atoms with E-state index in [-0.39, 0.29) is 23.5 Å². The van der Waals surface area contributed by atoms with Crippen LogP contribution in [-0.2, 0) is 25.5 Å². The van der Waals surface area contributed by atoms with Crippen LogP contribution in [0.15, 0.2) is 18.2 Å². The predicted molar refractivity (Wildman–Crippen MR) is 120 cm³/mol. The number of ether oxygens (including phenoxy) is 4. The summed E-state index contributed by atoms with van der Waals surface area (Å²) in [6, 6.07) is 3.86. The van der Waals surface area contributed by atoms with Gasteiger partial charge in [0.2, 0.25) is 18.5 Å². The lowest BCUT2D eigenvalue weighted by atomic mass is 9.99. The van der Waals surface area contributed by atoms with Gasteiger partial charge >= 0.3 is 5.97 Å². The zero-order valence-electron chi connectivity index (χ0n) is 19.8. The van der Waals surface area contributed by atoms with Gasteiger partial charge in [0.05, 0.1) is 19.6 Å². The number of hydrogen-bond acceptors (Lipinski definition) is 14. The van der Waals surface area contributed by atoms with E-state index in [0.717, 1.165) is 0 Å². The molecule has 2 saturated heterocycles. The van der Waals surface area contributed by atoms with Crippen LogP contribution in [0.5, 0.6) is 11.5 Å². The molecule has 16 nitrogen and oxygen atoms in total. The Bertz CT molecular complexity index is 959. The smallest absolute Gasteiger partial charge is 0.322 e. The molecule has 1 aromatic carbocycles. The minimum Gasteiger partial charge on any atom is -0.480 e. The lowest BCUT2D eigenvalue weighted by Crippen LogP contribution is -2.60. The van der Waals surface area contributed by atoms with Gasteiger partial charge in [-0.05, 0) is 17.7 Å². The summed E-state index contributed by atoms with van der Waals surface area (Å²) in [5.74, 6) is -2.38. The van der Waals surface area contributed by atoms with Gasteiger partial charge in [0.1, 0.15) is 55.4 Å². The average Bonchev–Trinajstić information content (AvgIpc) is 2.89. The van der Waals surface area contributed by atoms with Gasteiger partial charge in [-0.15, -0.1) is 0 Å². The van der Waals surface area contributed by atoms with E-state index in [1.807, 2.05) is 0 Å². The molecule has 38 heavy (non-hydrogen) atoms. The predicted octanol–water partition coefficient (Wildman–Crippen LogP) is -5.21. The van der Waals surface area contributed by atoms with Crippen LogP contribution >= 0.6 is 0 Å². The fourth-order valence-electron chi connectivity index (χ4n) is 3.85. The number of aliphatic hydroxyl groups excluding tert-OH is 8. The summed E-state index contributed by atoms with van der Waals surface area (Å²) in [7, 11) is 0. The Labute approximate surface area is 215 Å². The molecule has 0 radical (unpaired) electrons. The van der Waals surface area contributed by atoms with Gasteiger partial charge in [-0.1, -0.05) is 6.07 Å². The molecular formula is C22H31NO15. The Morgan fingerprint density at radius 1 is 0.763 bits per heavy atom. The minimum absolute atomic E-state index is 0.207. The first kappa shape index (κ1) is 29.9. The molecule has 2 aliphatic rings. The van der Waals surface area contributed by atoms with E-state index in [0.29, 0.717) is 0 Å². The molecule has 16 heteroatoms. The lowest BCUT2D eigenvalue weighted by molar-refractivity contribution is -0.282. The molecule has 10 N–H and O–H groups in total. The van der Waals surface area contributed by atoms with Gasteiger partial charge in [-0.25, -0.2) is 0 Å². The van der Waals surface area contributed by atoms with E-state index in [1.54, 1.807) is 0 Å². The van der Waals surface area contributed by atoms with Crippen LogP contribution in [-0.4, -0.2) is 139 Å². The van der Waals surface area contributed by atoms with E-state index in [9.17, 15) is 50.4 Å². The second-order valence-corrected chi connectivity index (χ2v) is 8.76. The molecule has 2 heterocycles. The number of carboxylic acid groups (broad SMARTS) is 1. The molecular weight excluding hydrogens is 518 g/mol. The van der Waals surface area contributed by atoms with Crippen molar-refractivity contribution in [2.24, 2.45) is 0 Å². The monoisotopic (exact) mass is 549 g/mol. The zero-order valence-corrected chi connectivity index (χ0v) is 19.8. The Morgan fingerprint density at radius 3 is 1.74 bits per heavy atom. The fraction of sp³-hybridized carbons (Fsp3) is 0.636. The molecule has 0 unspecified atom stereocenters. The molecule has 3 rings (SSSR count). The fourth-order valence-corrected chi connectivity index (χ4v) is 3.85. The van der Waals surface area contributed by atoms with Crippen LogP contribution in [0.25, 0.3) is 0 Å². The van der Waals surface area contributed by atoms with Crippen molar-refractivity contribution in [3.8, 4) is 11.5 Å². The molecule has 0 spiro atoms. The standard InChI is InChI=1S/C22H31NO15/c24-6-11-15(29)17(31)19(33)21(37-11)35-9-2-1-8(4-13(26)23-5-14(27)28)3-10(9)36-22-20(34)18(32)16(30)12(7-25)38-22/h1-3,11-12,15-22,24-25,29-34H,4-7H2,(H,23,26)(H,27,28)/t11-,12-,15-,16-,17+,18+,19-,20-,21-,22-/m1/s1. The maximum Gasteiger partial charge on any atom is 0.322 e. The average molecular weight is 549 g/mol.